The van der Waals surface area contributed by atoms with Gasteiger partial charge in [-0.05, 0) is 44.1 Å². The highest BCUT2D eigenvalue weighted by atomic mass is 19.1. The zero-order valence-electron chi connectivity index (χ0n) is 8.34. The van der Waals surface area contributed by atoms with Crippen molar-refractivity contribution in [3.05, 3.63) is 11.9 Å². The largest absolute Gasteiger partial charge is 0.337 e. The number of amides is 1. The van der Waals surface area contributed by atoms with E-state index < -0.39 is 11.7 Å². The summed E-state index contributed by atoms with van der Waals surface area (Å²) in [6, 6.07) is 0. The molecule has 2 rings (SSSR count). The van der Waals surface area contributed by atoms with E-state index in [0.29, 0.717) is 5.92 Å². The molecule has 2 aliphatic rings. The zero-order valence-corrected chi connectivity index (χ0v) is 8.34. The molecule has 1 saturated heterocycles. The van der Waals surface area contributed by atoms with Crippen molar-refractivity contribution in [1.82, 2.24) is 4.90 Å². The van der Waals surface area contributed by atoms with Crippen molar-refractivity contribution in [3.8, 4) is 0 Å². The fourth-order valence-electron chi connectivity index (χ4n) is 1.79. The first-order valence-corrected chi connectivity index (χ1v) is 5.44. The number of piperidine rings is 1. The predicted octanol–water partition coefficient (Wildman–Crippen LogP) is 2.26. The number of halogens is 1. The molecule has 0 N–H and O–H groups in total. The second-order valence-corrected chi connectivity index (χ2v) is 4.20. The van der Waals surface area contributed by atoms with Crippen LogP contribution in [0.3, 0.4) is 0 Å². The number of carbonyl (C=O) groups excluding carboxylic acids is 1. The highest BCUT2D eigenvalue weighted by molar-refractivity contribution is 5.91. The minimum absolute atomic E-state index is 0.337. The van der Waals surface area contributed by atoms with E-state index in [4.69, 9.17) is 0 Å². The van der Waals surface area contributed by atoms with Crippen molar-refractivity contribution in [3.63, 3.8) is 0 Å². The van der Waals surface area contributed by atoms with Gasteiger partial charge in [0.15, 0.2) is 5.83 Å². The van der Waals surface area contributed by atoms with Gasteiger partial charge in [0.2, 0.25) is 0 Å². The summed E-state index contributed by atoms with van der Waals surface area (Å²) in [6.45, 7) is 1.45. The van der Waals surface area contributed by atoms with Gasteiger partial charge in [0.25, 0.3) is 5.91 Å². The third-order valence-electron chi connectivity index (χ3n) is 2.85. The fourth-order valence-corrected chi connectivity index (χ4v) is 1.79. The Morgan fingerprint density at radius 1 is 1.21 bits per heavy atom. The summed E-state index contributed by atoms with van der Waals surface area (Å²) in [7, 11) is 0. The maximum absolute atomic E-state index is 13.3. The maximum atomic E-state index is 13.3. The average Bonchev–Trinajstić information content (AvgIpc) is 3.02. The molecule has 0 bridgehead atoms. The van der Waals surface area contributed by atoms with Crippen molar-refractivity contribution in [2.24, 2.45) is 5.92 Å². The van der Waals surface area contributed by atoms with Crippen LogP contribution in [-0.4, -0.2) is 23.9 Å². The first-order valence-electron chi connectivity index (χ1n) is 5.44. The minimum atomic E-state index is -0.533. The van der Waals surface area contributed by atoms with Crippen LogP contribution < -0.4 is 0 Å². The number of rotatable bonds is 2. The normalized spacial score (nSPS) is 23.8. The molecule has 3 heteroatoms. The van der Waals surface area contributed by atoms with Crippen LogP contribution in [0, 0.1) is 5.92 Å². The summed E-state index contributed by atoms with van der Waals surface area (Å²) in [4.78, 5) is 13.2. The lowest BCUT2D eigenvalue weighted by molar-refractivity contribution is -0.129. The van der Waals surface area contributed by atoms with Crippen LogP contribution in [0.1, 0.15) is 32.1 Å². The molecule has 2 nitrogen and oxygen atoms in total. The molecule has 1 amide bonds. The van der Waals surface area contributed by atoms with E-state index in [9.17, 15) is 9.18 Å². The highest BCUT2D eigenvalue weighted by Gasteiger charge is 2.25. The van der Waals surface area contributed by atoms with Gasteiger partial charge < -0.3 is 4.90 Å². The van der Waals surface area contributed by atoms with E-state index in [1.54, 1.807) is 4.90 Å². The Balaban J connectivity index is 1.91. The van der Waals surface area contributed by atoms with E-state index in [1.165, 1.54) is 6.08 Å². The summed E-state index contributed by atoms with van der Waals surface area (Å²) in [5, 5.41) is 0. The van der Waals surface area contributed by atoms with Gasteiger partial charge in [0, 0.05) is 13.1 Å². The number of hydrogen-bond acceptors (Lipinski definition) is 1. The van der Waals surface area contributed by atoms with E-state index >= 15 is 0 Å². The van der Waals surface area contributed by atoms with Gasteiger partial charge in [-0.25, -0.2) is 4.39 Å². The quantitative estimate of drug-likeness (QED) is 0.622. The van der Waals surface area contributed by atoms with Gasteiger partial charge in [-0.2, -0.15) is 0 Å². The topological polar surface area (TPSA) is 20.3 Å². The van der Waals surface area contributed by atoms with Crippen LogP contribution in [0.5, 0.6) is 0 Å². The molecular weight excluding hydrogens is 181 g/mol. The molecule has 0 atom stereocenters. The van der Waals surface area contributed by atoms with Crippen LogP contribution in [-0.2, 0) is 4.79 Å². The van der Waals surface area contributed by atoms with Gasteiger partial charge >= 0.3 is 0 Å². The number of nitrogens with zero attached hydrogens (tertiary/aromatic N) is 1. The van der Waals surface area contributed by atoms with Crippen molar-refractivity contribution in [2.45, 2.75) is 32.1 Å². The van der Waals surface area contributed by atoms with Crippen molar-refractivity contribution >= 4 is 5.91 Å². The van der Waals surface area contributed by atoms with E-state index in [1.807, 2.05) is 0 Å². The SMILES string of the molecule is O=C(C(F)=CC1CC1)N1CCCCC1. The third kappa shape index (κ3) is 2.34. The molecule has 1 aliphatic carbocycles. The smallest absolute Gasteiger partial charge is 0.282 e. The Morgan fingerprint density at radius 3 is 2.43 bits per heavy atom. The van der Waals surface area contributed by atoms with Crippen LogP contribution in [0.4, 0.5) is 4.39 Å². The van der Waals surface area contributed by atoms with Crippen molar-refractivity contribution in [2.75, 3.05) is 13.1 Å². The van der Waals surface area contributed by atoms with Crippen molar-refractivity contribution < 1.29 is 9.18 Å². The molecule has 0 aromatic carbocycles. The first-order chi connectivity index (χ1) is 6.77. The molecule has 14 heavy (non-hydrogen) atoms. The molecular formula is C11H16FNO. The monoisotopic (exact) mass is 197 g/mol. The second-order valence-electron chi connectivity index (χ2n) is 4.20. The van der Waals surface area contributed by atoms with E-state index in [0.717, 1.165) is 45.2 Å². The lowest BCUT2D eigenvalue weighted by Crippen LogP contribution is -2.35. The van der Waals surface area contributed by atoms with Crippen LogP contribution >= 0.6 is 0 Å². The Bertz CT molecular complexity index is 252. The van der Waals surface area contributed by atoms with Gasteiger partial charge in [-0.15, -0.1) is 0 Å². The molecule has 2 fully saturated rings. The Morgan fingerprint density at radius 2 is 1.86 bits per heavy atom. The van der Waals surface area contributed by atoms with Gasteiger partial charge in [0.05, 0.1) is 0 Å². The van der Waals surface area contributed by atoms with Gasteiger partial charge in [0.1, 0.15) is 0 Å². The Labute approximate surface area is 83.8 Å². The lowest BCUT2D eigenvalue weighted by Gasteiger charge is -2.25. The number of allylic oxidation sites excluding steroid dienone is 1. The fraction of sp³-hybridized carbons (Fsp3) is 0.727. The summed E-state index contributed by atoms with van der Waals surface area (Å²) in [6.07, 6.45) is 6.78. The molecule has 1 heterocycles. The molecule has 1 aliphatic heterocycles. The van der Waals surface area contributed by atoms with Crippen LogP contribution in [0.15, 0.2) is 11.9 Å². The van der Waals surface area contributed by atoms with Crippen LogP contribution in [0.2, 0.25) is 0 Å². The summed E-state index contributed by atoms with van der Waals surface area (Å²) in [5.41, 5.74) is 0. The molecule has 1 saturated carbocycles. The van der Waals surface area contributed by atoms with E-state index in [-0.39, 0.29) is 0 Å². The standard InChI is InChI=1S/C11H16FNO/c12-10(8-9-4-5-9)11(14)13-6-2-1-3-7-13/h8-9H,1-7H2. The summed E-state index contributed by atoms with van der Waals surface area (Å²) >= 11 is 0. The number of hydrogen-bond donors (Lipinski definition) is 0. The van der Waals surface area contributed by atoms with Gasteiger partial charge in [-0.3, -0.25) is 4.79 Å². The molecule has 0 unspecified atom stereocenters. The Hall–Kier alpha value is -0.860. The Kier molecular flexibility index (Phi) is 2.85. The van der Waals surface area contributed by atoms with E-state index in [2.05, 4.69) is 0 Å². The molecule has 0 aromatic heterocycles. The molecule has 0 radical (unpaired) electrons. The second kappa shape index (κ2) is 4.11. The lowest BCUT2D eigenvalue weighted by atomic mass is 10.1. The number of carbonyl (C=O) groups is 1. The molecule has 0 spiro atoms. The van der Waals surface area contributed by atoms with Gasteiger partial charge in [-0.1, -0.05) is 0 Å². The van der Waals surface area contributed by atoms with Crippen LogP contribution in [0.25, 0.3) is 0 Å². The summed E-state index contributed by atoms with van der Waals surface area (Å²) < 4.78 is 13.3. The third-order valence-corrected chi connectivity index (χ3v) is 2.85. The molecule has 78 valence electrons. The average molecular weight is 197 g/mol. The molecule has 0 aromatic rings. The zero-order chi connectivity index (χ0) is 9.97. The first kappa shape index (κ1) is 9.69. The number of likely N-dealkylation sites (tertiary alicyclic amines) is 1. The predicted molar refractivity (Wildman–Crippen MR) is 52.3 cm³/mol. The van der Waals surface area contributed by atoms with Crippen molar-refractivity contribution in [1.29, 1.82) is 0 Å². The maximum Gasteiger partial charge on any atom is 0.282 e. The summed E-state index contributed by atoms with van der Waals surface area (Å²) in [5.74, 6) is -0.588. The minimum Gasteiger partial charge on any atom is -0.337 e. The highest BCUT2D eigenvalue weighted by Crippen LogP contribution is 2.32.